The Balaban J connectivity index is 1.84. The zero-order valence-electron chi connectivity index (χ0n) is 14.4. The van der Waals surface area contributed by atoms with Gasteiger partial charge in [0.1, 0.15) is 5.82 Å². The van der Waals surface area contributed by atoms with Crippen molar-refractivity contribution in [1.82, 2.24) is 9.97 Å². The largest absolute Gasteiger partial charge is 0.340 e. The summed E-state index contributed by atoms with van der Waals surface area (Å²) in [6, 6.07) is 15.1. The molecule has 2 aliphatic rings. The van der Waals surface area contributed by atoms with Crippen LogP contribution < -0.4 is 16.6 Å². The number of aromatic amines is 2. The summed E-state index contributed by atoms with van der Waals surface area (Å²) in [6.07, 6.45) is 0. The molecule has 0 radical (unpaired) electrons. The van der Waals surface area contributed by atoms with E-state index in [0.717, 1.165) is 16.7 Å². The minimum Gasteiger partial charge on any atom is -0.340 e. The van der Waals surface area contributed by atoms with E-state index in [2.05, 4.69) is 15.3 Å². The lowest BCUT2D eigenvalue weighted by Gasteiger charge is -2.27. The van der Waals surface area contributed by atoms with Crippen LogP contribution in [0.1, 0.15) is 38.5 Å². The van der Waals surface area contributed by atoms with E-state index in [4.69, 9.17) is 0 Å². The number of anilines is 1. The van der Waals surface area contributed by atoms with Crippen LogP contribution in [-0.4, -0.2) is 15.8 Å². The number of fused-ring (bicyclic) bond motifs is 3. The number of allylic oxidation sites excluding steroid dienone is 1. The summed E-state index contributed by atoms with van der Waals surface area (Å²) in [6.45, 7) is 1.98. The molecule has 1 aliphatic carbocycles. The van der Waals surface area contributed by atoms with E-state index in [0.29, 0.717) is 28.2 Å². The Kier molecular flexibility index (Phi) is 3.12. The molecule has 1 aliphatic heterocycles. The van der Waals surface area contributed by atoms with Crippen molar-refractivity contribution in [3.05, 3.63) is 103 Å². The van der Waals surface area contributed by atoms with E-state index in [1.807, 2.05) is 49.4 Å². The lowest BCUT2D eigenvalue weighted by atomic mass is 9.81. The summed E-state index contributed by atoms with van der Waals surface area (Å²) in [5.74, 6) is -0.329. The van der Waals surface area contributed by atoms with E-state index < -0.39 is 17.2 Å². The standard InChI is InChI=1S/C21H15N3O3/c1-10-6-8-11(9-7-10)14-15-17(12-4-2-3-5-13(12)18(15)25)22-19-16(14)20(26)24-21(27)23-19/h2-9,14H,1H3,(H3,22,23,24,26,27)/t14-/m1/s1. The number of nitrogens with one attached hydrogen (secondary N) is 3. The van der Waals surface area contributed by atoms with Gasteiger partial charge < -0.3 is 5.32 Å². The third kappa shape index (κ3) is 2.16. The number of aryl methyl sites for hydroxylation is 1. The molecule has 6 heteroatoms. The van der Waals surface area contributed by atoms with Gasteiger partial charge in [-0.25, -0.2) is 4.79 Å². The summed E-state index contributed by atoms with van der Waals surface area (Å²) in [5.41, 5.74) is 3.73. The maximum absolute atomic E-state index is 13.2. The van der Waals surface area contributed by atoms with E-state index in [1.165, 1.54) is 0 Å². The molecule has 6 nitrogen and oxygen atoms in total. The first-order valence-corrected chi connectivity index (χ1v) is 8.63. The molecular formula is C21H15N3O3. The van der Waals surface area contributed by atoms with Gasteiger partial charge in [-0.05, 0) is 12.5 Å². The molecule has 1 atom stereocenters. The number of rotatable bonds is 1. The number of carbonyl (C=O) groups is 1. The summed E-state index contributed by atoms with van der Waals surface area (Å²) < 4.78 is 0. The van der Waals surface area contributed by atoms with Gasteiger partial charge in [0.05, 0.1) is 11.3 Å². The molecule has 3 aromatic rings. The summed E-state index contributed by atoms with van der Waals surface area (Å²) >= 11 is 0. The highest BCUT2D eigenvalue weighted by Crippen LogP contribution is 2.47. The Hall–Kier alpha value is -3.67. The maximum atomic E-state index is 13.2. The molecule has 0 amide bonds. The molecule has 0 spiro atoms. The van der Waals surface area contributed by atoms with Crippen molar-refractivity contribution >= 4 is 17.3 Å². The Bertz CT molecular complexity index is 1260. The summed E-state index contributed by atoms with van der Waals surface area (Å²) in [5, 5.41) is 3.12. The van der Waals surface area contributed by atoms with Gasteiger partial charge in [0.15, 0.2) is 5.78 Å². The van der Waals surface area contributed by atoms with Crippen molar-refractivity contribution in [3.63, 3.8) is 0 Å². The molecule has 132 valence electrons. The quantitative estimate of drug-likeness (QED) is 0.624. The minimum absolute atomic E-state index is 0.102. The number of carbonyl (C=O) groups excluding carboxylic acids is 1. The fraction of sp³-hybridized carbons (Fsp3) is 0.0952. The van der Waals surface area contributed by atoms with Crippen molar-refractivity contribution in [2.45, 2.75) is 12.8 Å². The molecule has 0 unspecified atom stereocenters. The van der Waals surface area contributed by atoms with Crippen LogP contribution >= 0.6 is 0 Å². The normalized spacial score (nSPS) is 17.2. The predicted octanol–water partition coefficient (Wildman–Crippen LogP) is 2.54. The first-order chi connectivity index (χ1) is 13.0. The number of hydrogen-bond acceptors (Lipinski definition) is 4. The van der Waals surface area contributed by atoms with Gasteiger partial charge in [-0.2, -0.15) is 0 Å². The zero-order valence-corrected chi connectivity index (χ0v) is 14.4. The second-order valence-corrected chi connectivity index (χ2v) is 6.83. The van der Waals surface area contributed by atoms with E-state index in [9.17, 15) is 14.4 Å². The number of Topliss-reactive ketones (excluding diaryl/α,β-unsaturated/α-hetero) is 1. The van der Waals surface area contributed by atoms with Crippen molar-refractivity contribution in [2.75, 3.05) is 5.32 Å². The van der Waals surface area contributed by atoms with E-state index in [-0.39, 0.29) is 5.78 Å². The number of benzene rings is 2. The zero-order chi connectivity index (χ0) is 18.7. The van der Waals surface area contributed by atoms with Crippen LogP contribution in [0.5, 0.6) is 0 Å². The van der Waals surface area contributed by atoms with Crippen LogP contribution in [0.2, 0.25) is 0 Å². The van der Waals surface area contributed by atoms with Crippen LogP contribution in [0.4, 0.5) is 5.82 Å². The molecule has 27 heavy (non-hydrogen) atoms. The van der Waals surface area contributed by atoms with Crippen molar-refractivity contribution in [2.24, 2.45) is 0 Å². The predicted molar refractivity (Wildman–Crippen MR) is 102 cm³/mol. The van der Waals surface area contributed by atoms with Crippen molar-refractivity contribution in [1.29, 1.82) is 0 Å². The van der Waals surface area contributed by atoms with Crippen LogP contribution in [0.3, 0.4) is 0 Å². The number of ketones is 1. The highest BCUT2D eigenvalue weighted by Gasteiger charge is 2.41. The Morgan fingerprint density at radius 1 is 0.852 bits per heavy atom. The molecule has 3 N–H and O–H groups in total. The monoisotopic (exact) mass is 357 g/mol. The fourth-order valence-electron chi connectivity index (χ4n) is 3.94. The van der Waals surface area contributed by atoms with Crippen molar-refractivity contribution < 1.29 is 4.79 Å². The molecule has 1 aromatic heterocycles. The summed E-state index contributed by atoms with van der Waals surface area (Å²) in [7, 11) is 0. The highest BCUT2D eigenvalue weighted by atomic mass is 16.2. The second kappa shape index (κ2) is 5.41. The van der Waals surface area contributed by atoms with Crippen LogP contribution in [0.25, 0.3) is 5.70 Å². The first kappa shape index (κ1) is 15.6. The van der Waals surface area contributed by atoms with Gasteiger partial charge in [-0.1, -0.05) is 54.1 Å². The average Bonchev–Trinajstić information content (AvgIpc) is 2.93. The molecule has 0 bridgehead atoms. The smallest absolute Gasteiger partial charge is 0.327 e. The number of H-pyrrole nitrogens is 2. The van der Waals surface area contributed by atoms with Gasteiger partial charge in [0.25, 0.3) is 5.56 Å². The summed E-state index contributed by atoms with van der Waals surface area (Å²) in [4.78, 5) is 42.6. The number of aromatic nitrogens is 2. The highest BCUT2D eigenvalue weighted by molar-refractivity contribution is 6.23. The van der Waals surface area contributed by atoms with Gasteiger partial charge in [-0.3, -0.25) is 19.6 Å². The van der Waals surface area contributed by atoms with Crippen LogP contribution in [0, 0.1) is 6.92 Å². The number of hydrogen-bond donors (Lipinski definition) is 3. The van der Waals surface area contributed by atoms with Gasteiger partial charge in [0, 0.05) is 22.6 Å². The molecule has 5 rings (SSSR count). The maximum Gasteiger partial charge on any atom is 0.327 e. The van der Waals surface area contributed by atoms with Crippen molar-refractivity contribution in [3.8, 4) is 0 Å². The topological polar surface area (TPSA) is 94.8 Å². The van der Waals surface area contributed by atoms with E-state index in [1.54, 1.807) is 6.07 Å². The first-order valence-electron chi connectivity index (χ1n) is 8.63. The fourth-order valence-corrected chi connectivity index (χ4v) is 3.94. The molecule has 2 aromatic carbocycles. The van der Waals surface area contributed by atoms with Crippen LogP contribution in [0.15, 0.2) is 63.7 Å². The average molecular weight is 357 g/mol. The molecule has 2 heterocycles. The van der Waals surface area contributed by atoms with E-state index >= 15 is 0 Å². The Labute approximate surface area is 153 Å². The Morgan fingerprint density at radius 3 is 2.30 bits per heavy atom. The van der Waals surface area contributed by atoms with Gasteiger partial charge in [0.2, 0.25) is 0 Å². The molecule has 0 saturated carbocycles. The Morgan fingerprint density at radius 2 is 1.56 bits per heavy atom. The molecule has 0 saturated heterocycles. The lowest BCUT2D eigenvalue weighted by molar-refractivity contribution is 0.103. The van der Waals surface area contributed by atoms with Gasteiger partial charge in [-0.15, -0.1) is 0 Å². The van der Waals surface area contributed by atoms with Gasteiger partial charge >= 0.3 is 5.69 Å². The van der Waals surface area contributed by atoms with Crippen LogP contribution in [-0.2, 0) is 0 Å². The third-order valence-electron chi connectivity index (χ3n) is 5.17. The third-order valence-corrected chi connectivity index (χ3v) is 5.17. The second-order valence-electron chi connectivity index (χ2n) is 6.83. The molecule has 0 fully saturated rings. The molecular weight excluding hydrogens is 342 g/mol. The SMILES string of the molecule is Cc1ccc([C@@H]2C3=C(Nc4[nH]c(=O)[nH]c(=O)c42)c2ccccc2C3=O)cc1. The minimum atomic E-state index is -0.587. The lowest BCUT2D eigenvalue weighted by Crippen LogP contribution is -2.33.